The fourth-order valence-electron chi connectivity index (χ4n) is 3.70. The Hall–Kier alpha value is -2.14. The molecular formula is C23H35N3O2. The molecule has 0 aliphatic rings. The maximum Gasteiger partial charge on any atom is 0.217 e. The first-order chi connectivity index (χ1) is 12.9. The number of rotatable bonds is 9. The third-order valence-electron chi connectivity index (χ3n) is 5.22. The van der Waals surface area contributed by atoms with E-state index in [-0.39, 0.29) is 11.3 Å². The van der Waals surface area contributed by atoms with Gasteiger partial charge in [-0.25, -0.2) is 0 Å². The van der Waals surface area contributed by atoms with Gasteiger partial charge in [-0.2, -0.15) is 5.10 Å². The van der Waals surface area contributed by atoms with Crippen molar-refractivity contribution >= 4 is 5.91 Å². The number of nitrogens with zero attached hydrogens (tertiary/aromatic N) is 2. The van der Waals surface area contributed by atoms with Gasteiger partial charge >= 0.3 is 0 Å². The zero-order valence-corrected chi connectivity index (χ0v) is 18.2. The van der Waals surface area contributed by atoms with Gasteiger partial charge in [0.1, 0.15) is 0 Å². The second-order valence-corrected chi connectivity index (χ2v) is 9.12. The predicted octanol–water partition coefficient (Wildman–Crippen LogP) is 4.10. The summed E-state index contributed by atoms with van der Waals surface area (Å²) in [6.07, 6.45) is 4.25. The first kappa shape index (κ1) is 22.2. The van der Waals surface area contributed by atoms with E-state index in [1.165, 1.54) is 11.3 Å². The molecule has 1 aromatic carbocycles. The molecule has 0 aliphatic heterocycles. The number of amides is 1. The Labute approximate surface area is 169 Å². The molecule has 154 valence electrons. The molecule has 5 heteroatoms. The minimum Gasteiger partial charge on any atom is -0.386 e. The van der Waals surface area contributed by atoms with Gasteiger partial charge in [0, 0.05) is 30.3 Å². The largest absolute Gasteiger partial charge is 0.386 e. The summed E-state index contributed by atoms with van der Waals surface area (Å²) in [5.74, 6) is -0.273. The van der Waals surface area contributed by atoms with Crippen molar-refractivity contribution < 1.29 is 9.90 Å². The molecule has 0 saturated carbocycles. The SMILES string of the molecule is CCCCc1c(-c2ccc(C(C)(C)O)cc2)nn(C)c1CC(C)(C)CC(N)=O. The van der Waals surface area contributed by atoms with E-state index in [1.807, 2.05) is 36.0 Å². The molecule has 2 aromatic rings. The van der Waals surface area contributed by atoms with Crippen molar-refractivity contribution in [3.63, 3.8) is 0 Å². The molecule has 3 N–H and O–H groups in total. The summed E-state index contributed by atoms with van der Waals surface area (Å²) in [7, 11) is 1.97. The van der Waals surface area contributed by atoms with Gasteiger partial charge < -0.3 is 10.8 Å². The van der Waals surface area contributed by atoms with Crippen LogP contribution in [0.4, 0.5) is 0 Å². The van der Waals surface area contributed by atoms with Crippen molar-refractivity contribution in [3.8, 4) is 11.3 Å². The molecule has 0 unspecified atom stereocenters. The molecule has 0 saturated heterocycles. The van der Waals surface area contributed by atoms with Gasteiger partial charge in [0.25, 0.3) is 0 Å². The van der Waals surface area contributed by atoms with E-state index in [0.29, 0.717) is 6.42 Å². The number of hydrogen-bond donors (Lipinski definition) is 2. The lowest BCUT2D eigenvalue weighted by Crippen LogP contribution is -2.25. The molecule has 0 spiro atoms. The molecule has 0 aliphatic carbocycles. The van der Waals surface area contributed by atoms with Crippen LogP contribution >= 0.6 is 0 Å². The lowest BCUT2D eigenvalue weighted by atomic mass is 9.82. The molecule has 0 bridgehead atoms. The number of unbranched alkanes of at least 4 members (excludes halogenated alkanes) is 1. The van der Waals surface area contributed by atoms with Gasteiger partial charge in [-0.15, -0.1) is 0 Å². The van der Waals surface area contributed by atoms with E-state index in [0.717, 1.165) is 42.5 Å². The van der Waals surface area contributed by atoms with Crippen LogP contribution in [0.3, 0.4) is 0 Å². The van der Waals surface area contributed by atoms with E-state index in [1.54, 1.807) is 13.8 Å². The van der Waals surface area contributed by atoms with Gasteiger partial charge in [0.2, 0.25) is 5.91 Å². The Bertz CT molecular complexity index is 812. The maximum atomic E-state index is 11.5. The second kappa shape index (κ2) is 8.48. The lowest BCUT2D eigenvalue weighted by Gasteiger charge is -2.23. The number of primary amides is 1. The van der Waals surface area contributed by atoms with Gasteiger partial charge in [-0.1, -0.05) is 51.5 Å². The van der Waals surface area contributed by atoms with Crippen molar-refractivity contribution in [2.75, 3.05) is 0 Å². The minimum absolute atomic E-state index is 0.220. The van der Waals surface area contributed by atoms with Crippen LogP contribution in [-0.4, -0.2) is 20.8 Å². The normalized spacial score (nSPS) is 12.4. The molecule has 5 nitrogen and oxygen atoms in total. The second-order valence-electron chi connectivity index (χ2n) is 9.12. The first-order valence-corrected chi connectivity index (χ1v) is 10.1. The van der Waals surface area contributed by atoms with Crippen molar-refractivity contribution in [3.05, 3.63) is 41.1 Å². The van der Waals surface area contributed by atoms with Crippen LogP contribution in [0.2, 0.25) is 0 Å². The number of carbonyl (C=O) groups excluding carboxylic acids is 1. The zero-order chi connectivity index (χ0) is 21.1. The fraction of sp³-hybridized carbons (Fsp3) is 0.565. The van der Waals surface area contributed by atoms with Crippen molar-refractivity contribution in [2.45, 2.75) is 72.3 Å². The highest BCUT2D eigenvalue weighted by Crippen LogP contribution is 2.33. The average molecular weight is 386 g/mol. The lowest BCUT2D eigenvalue weighted by molar-refractivity contribution is -0.119. The monoisotopic (exact) mass is 385 g/mol. The number of nitrogens with two attached hydrogens (primary N) is 1. The van der Waals surface area contributed by atoms with Crippen LogP contribution in [0, 0.1) is 5.41 Å². The summed E-state index contributed by atoms with van der Waals surface area (Å²) >= 11 is 0. The van der Waals surface area contributed by atoms with Crippen molar-refractivity contribution in [1.29, 1.82) is 0 Å². The Morgan fingerprint density at radius 3 is 2.29 bits per heavy atom. The van der Waals surface area contributed by atoms with Crippen LogP contribution < -0.4 is 5.73 Å². The van der Waals surface area contributed by atoms with E-state index >= 15 is 0 Å². The van der Waals surface area contributed by atoms with E-state index < -0.39 is 5.60 Å². The van der Waals surface area contributed by atoms with Crippen LogP contribution in [-0.2, 0) is 30.3 Å². The summed E-state index contributed by atoms with van der Waals surface area (Å²) in [6, 6.07) is 7.99. The number of carbonyl (C=O) groups is 1. The van der Waals surface area contributed by atoms with Crippen LogP contribution in [0.25, 0.3) is 11.3 Å². The Kier molecular flexibility index (Phi) is 6.71. The first-order valence-electron chi connectivity index (χ1n) is 10.1. The number of aryl methyl sites for hydroxylation is 1. The standard InChI is InChI=1S/C23H35N3O2/c1-7-8-9-18-19(14-22(2,3)15-20(24)27)26(6)25-21(18)16-10-12-17(13-11-16)23(4,5)28/h10-13,28H,7-9,14-15H2,1-6H3,(H2,24,27). The Morgan fingerprint density at radius 2 is 1.79 bits per heavy atom. The maximum absolute atomic E-state index is 11.5. The summed E-state index contributed by atoms with van der Waals surface area (Å²) in [4.78, 5) is 11.5. The van der Waals surface area contributed by atoms with E-state index in [2.05, 4.69) is 20.8 Å². The highest BCUT2D eigenvalue weighted by molar-refractivity contribution is 5.74. The van der Waals surface area contributed by atoms with Crippen LogP contribution in [0.1, 0.15) is 70.7 Å². The molecule has 1 amide bonds. The van der Waals surface area contributed by atoms with Gasteiger partial charge in [-0.3, -0.25) is 9.48 Å². The Morgan fingerprint density at radius 1 is 1.18 bits per heavy atom. The summed E-state index contributed by atoms with van der Waals surface area (Å²) in [5, 5.41) is 15.0. The van der Waals surface area contributed by atoms with E-state index in [9.17, 15) is 9.90 Å². The molecule has 2 rings (SSSR count). The quantitative estimate of drug-likeness (QED) is 0.682. The van der Waals surface area contributed by atoms with E-state index in [4.69, 9.17) is 10.8 Å². The highest BCUT2D eigenvalue weighted by Gasteiger charge is 2.27. The summed E-state index contributed by atoms with van der Waals surface area (Å²) in [6.45, 7) is 9.91. The van der Waals surface area contributed by atoms with Crippen LogP contribution in [0.15, 0.2) is 24.3 Å². The molecule has 0 fully saturated rings. The van der Waals surface area contributed by atoms with Crippen molar-refractivity contribution in [2.24, 2.45) is 18.2 Å². The number of aliphatic hydroxyl groups is 1. The summed E-state index contributed by atoms with van der Waals surface area (Å²) < 4.78 is 1.95. The molecule has 1 heterocycles. The molecule has 0 radical (unpaired) electrons. The topological polar surface area (TPSA) is 81.1 Å². The minimum atomic E-state index is -0.863. The smallest absolute Gasteiger partial charge is 0.217 e. The zero-order valence-electron chi connectivity index (χ0n) is 18.2. The van der Waals surface area contributed by atoms with Crippen molar-refractivity contribution in [1.82, 2.24) is 9.78 Å². The summed E-state index contributed by atoms with van der Waals surface area (Å²) in [5.41, 5.74) is 9.70. The van der Waals surface area contributed by atoms with Gasteiger partial charge in [-0.05, 0) is 44.1 Å². The molecule has 0 atom stereocenters. The van der Waals surface area contributed by atoms with Gasteiger partial charge in [0.05, 0.1) is 11.3 Å². The average Bonchev–Trinajstić information content (AvgIpc) is 2.86. The fourth-order valence-corrected chi connectivity index (χ4v) is 3.70. The Balaban J connectivity index is 2.46. The highest BCUT2D eigenvalue weighted by atomic mass is 16.3. The van der Waals surface area contributed by atoms with Crippen LogP contribution in [0.5, 0.6) is 0 Å². The third-order valence-corrected chi connectivity index (χ3v) is 5.22. The molecular weight excluding hydrogens is 350 g/mol. The third kappa shape index (κ3) is 5.44. The number of benzene rings is 1. The molecule has 1 aromatic heterocycles. The van der Waals surface area contributed by atoms with Gasteiger partial charge in [0.15, 0.2) is 0 Å². The number of hydrogen-bond acceptors (Lipinski definition) is 3. The number of aromatic nitrogens is 2. The molecule has 28 heavy (non-hydrogen) atoms. The predicted molar refractivity (Wildman–Crippen MR) is 114 cm³/mol.